The molecule has 0 spiro atoms. The van der Waals surface area contributed by atoms with Crippen molar-refractivity contribution in [2.75, 3.05) is 20.3 Å². The first kappa shape index (κ1) is 13.4. The first-order valence-corrected chi connectivity index (χ1v) is 7.08. The summed E-state index contributed by atoms with van der Waals surface area (Å²) in [5, 5.41) is 4.50. The first-order valence-electron chi connectivity index (χ1n) is 7.08. The molecule has 0 saturated carbocycles. The molecule has 0 amide bonds. The molecule has 5 heteroatoms. The van der Waals surface area contributed by atoms with E-state index in [1.165, 1.54) is 16.8 Å². The molecule has 0 bridgehead atoms. The molecule has 0 aliphatic carbocycles. The molecule has 0 radical (unpaired) electrons. The van der Waals surface area contributed by atoms with E-state index in [4.69, 9.17) is 9.15 Å². The largest absolute Gasteiger partial charge is 0.472 e. The van der Waals surface area contributed by atoms with E-state index in [9.17, 15) is 0 Å². The van der Waals surface area contributed by atoms with Crippen LogP contribution in [0.2, 0.25) is 0 Å². The second-order valence-corrected chi connectivity index (χ2v) is 5.32. The summed E-state index contributed by atoms with van der Waals surface area (Å²) in [7, 11) is 1.77. The molecule has 1 unspecified atom stereocenters. The first-order chi connectivity index (χ1) is 9.81. The number of aromatic nitrogens is 2. The number of nitrogens with zero attached hydrogens (tertiary/aromatic N) is 3. The van der Waals surface area contributed by atoms with Gasteiger partial charge < -0.3 is 9.15 Å². The molecule has 3 heterocycles. The van der Waals surface area contributed by atoms with Crippen LogP contribution >= 0.6 is 0 Å². The Morgan fingerprint density at radius 1 is 1.50 bits per heavy atom. The van der Waals surface area contributed by atoms with E-state index in [-0.39, 0.29) is 0 Å². The minimum absolute atomic E-state index is 0.387. The third-order valence-corrected chi connectivity index (χ3v) is 3.87. The van der Waals surface area contributed by atoms with Gasteiger partial charge in [0.25, 0.3) is 0 Å². The summed E-state index contributed by atoms with van der Waals surface area (Å²) in [4.78, 5) is 2.43. The molecule has 1 aliphatic heterocycles. The van der Waals surface area contributed by atoms with Gasteiger partial charge in [-0.3, -0.25) is 9.58 Å². The number of hydrogen-bond acceptors (Lipinski definition) is 4. The molecular weight excluding hydrogens is 254 g/mol. The lowest BCUT2D eigenvalue weighted by molar-refractivity contribution is 0.132. The van der Waals surface area contributed by atoms with E-state index in [2.05, 4.69) is 21.6 Å². The van der Waals surface area contributed by atoms with Crippen LogP contribution in [0.15, 0.2) is 29.2 Å². The normalized spacial score (nSPS) is 19.2. The Labute approximate surface area is 119 Å². The molecule has 3 rings (SSSR count). The van der Waals surface area contributed by atoms with Crippen LogP contribution in [-0.4, -0.2) is 34.9 Å². The minimum Gasteiger partial charge on any atom is -0.472 e. The highest BCUT2D eigenvalue weighted by Crippen LogP contribution is 2.29. The van der Waals surface area contributed by atoms with Crippen molar-refractivity contribution in [3.8, 4) is 0 Å². The zero-order chi connectivity index (χ0) is 13.9. The maximum Gasteiger partial charge on any atom is 0.0947 e. The zero-order valence-electron chi connectivity index (χ0n) is 12.1. The highest BCUT2D eigenvalue weighted by Gasteiger charge is 2.29. The third kappa shape index (κ3) is 2.51. The highest BCUT2D eigenvalue weighted by atomic mass is 16.5. The fourth-order valence-electron chi connectivity index (χ4n) is 3.08. The smallest absolute Gasteiger partial charge is 0.0947 e. The van der Waals surface area contributed by atoms with Gasteiger partial charge in [-0.1, -0.05) is 0 Å². The molecule has 0 saturated heterocycles. The van der Waals surface area contributed by atoms with E-state index in [0.29, 0.717) is 5.92 Å². The maximum absolute atomic E-state index is 5.40. The Balaban J connectivity index is 1.81. The second kappa shape index (κ2) is 5.81. The average Bonchev–Trinajstić information content (AvgIpc) is 3.08. The molecule has 1 aliphatic rings. The van der Waals surface area contributed by atoms with Crippen LogP contribution in [0.25, 0.3) is 0 Å². The van der Waals surface area contributed by atoms with Gasteiger partial charge >= 0.3 is 0 Å². The Morgan fingerprint density at radius 2 is 2.40 bits per heavy atom. The number of fused-ring (bicyclic) bond motifs is 1. The molecule has 20 heavy (non-hydrogen) atoms. The molecule has 1 atom stereocenters. The molecule has 5 nitrogen and oxygen atoms in total. The predicted octanol–water partition coefficient (Wildman–Crippen LogP) is 2.24. The van der Waals surface area contributed by atoms with E-state index in [1.54, 1.807) is 13.4 Å². The standard InChI is InChI=1S/C15H21N3O2/c1-3-18-15-13(6-16-18)8-17(9-14(15)11-19-2)7-12-4-5-20-10-12/h4-6,10,14H,3,7-9,11H2,1-2H3. The van der Waals surface area contributed by atoms with Crippen molar-refractivity contribution in [2.45, 2.75) is 32.5 Å². The van der Waals surface area contributed by atoms with Gasteiger partial charge in [-0.05, 0) is 13.0 Å². The van der Waals surface area contributed by atoms with Gasteiger partial charge in [0.05, 0.1) is 25.3 Å². The van der Waals surface area contributed by atoms with Crippen molar-refractivity contribution >= 4 is 0 Å². The van der Waals surface area contributed by atoms with Crippen LogP contribution in [0.1, 0.15) is 29.7 Å². The van der Waals surface area contributed by atoms with Gasteiger partial charge in [-0.2, -0.15) is 5.10 Å². The van der Waals surface area contributed by atoms with Gasteiger partial charge in [0.15, 0.2) is 0 Å². The lowest BCUT2D eigenvalue weighted by atomic mass is 9.96. The number of ether oxygens (including phenoxy) is 1. The van der Waals surface area contributed by atoms with Crippen molar-refractivity contribution in [3.05, 3.63) is 41.6 Å². The summed E-state index contributed by atoms with van der Waals surface area (Å²) in [5.41, 5.74) is 3.88. The molecule has 0 aromatic carbocycles. The maximum atomic E-state index is 5.40. The monoisotopic (exact) mass is 275 g/mol. The number of furan rings is 1. The predicted molar refractivity (Wildman–Crippen MR) is 75.3 cm³/mol. The quantitative estimate of drug-likeness (QED) is 0.839. The number of hydrogen-bond donors (Lipinski definition) is 0. The zero-order valence-corrected chi connectivity index (χ0v) is 12.1. The van der Waals surface area contributed by atoms with Crippen molar-refractivity contribution in [1.82, 2.24) is 14.7 Å². The van der Waals surface area contributed by atoms with E-state index >= 15 is 0 Å². The van der Waals surface area contributed by atoms with E-state index in [1.807, 2.05) is 18.5 Å². The minimum atomic E-state index is 0.387. The summed E-state index contributed by atoms with van der Waals surface area (Å²) in [6, 6.07) is 2.02. The van der Waals surface area contributed by atoms with Crippen LogP contribution in [0.4, 0.5) is 0 Å². The number of methoxy groups -OCH3 is 1. The summed E-state index contributed by atoms with van der Waals surface area (Å²) >= 11 is 0. The summed E-state index contributed by atoms with van der Waals surface area (Å²) in [6.07, 6.45) is 5.55. The highest BCUT2D eigenvalue weighted by molar-refractivity contribution is 5.26. The third-order valence-electron chi connectivity index (χ3n) is 3.87. The molecule has 2 aromatic heterocycles. The van der Waals surface area contributed by atoms with Crippen LogP contribution in [-0.2, 0) is 24.4 Å². The Bertz CT molecular complexity index is 547. The lowest BCUT2D eigenvalue weighted by Crippen LogP contribution is -2.35. The van der Waals surface area contributed by atoms with Gasteiger partial charge in [-0.15, -0.1) is 0 Å². The molecule has 0 N–H and O–H groups in total. The van der Waals surface area contributed by atoms with Gasteiger partial charge in [0.1, 0.15) is 0 Å². The topological polar surface area (TPSA) is 43.4 Å². The average molecular weight is 275 g/mol. The van der Waals surface area contributed by atoms with E-state index < -0.39 is 0 Å². The van der Waals surface area contributed by atoms with Crippen molar-refractivity contribution in [1.29, 1.82) is 0 Å². The van der Waals surface area contributed by atoms with E-state index in [0.717, 1.165) is 32.8 Å². The summed E-state index contributed by atoms with van der Waals surface area (Å²) in [5.74, 6) is 0.387. The van der Waals surface area contributed by atoms with Crippen LogP contribution in [0.5, 0.6) is 0 Å². The van der Waals surface area contributed by atoms with Gasteiger partial charge in [0, 0.05) is 56.0 Å². The Morgan fingerprint density at radius 3 is 3.10 bits per heavy atom. The molecule has 0 fully saturated rings. The molecular formula is C15H21N3O2. The molecule has 108 valence electrons. The van der Waals surface area contributed by atoms with Gasteiger partial charge in [-0.25, -0.2) is 0 Å². The second-order valence-electron chi connectivity index (χ2n) is 5.32. The fraction of sp³-hybridized carbons (Fsp3) is 0.533. The van der Waals surface area contributed by atoms with Crippen LogP contribution in [0, 0.1) is 0 Å². The van der Waals surface area contributed by atoms with Gasteiger partial charge in [0.2, 0.25) is 0 Å². The Kier molecular flexibility index (Phi) is 3.89. The number of aryl methyl sites for hydroxylation is 1. The van der Waals surface area contributed by atoms with Crippen LogP contribution < -0.4 is 0 Å². The van der Waals surface area contributed by atoms with Crippen molar-refractivity contribution in [2.24, 2.45) is 0 Å². The van der Waals surface area contributed by atoms with Crippen molar-refractivity contribution < 1.29 is 9.15 Å². The molecule has 2 aromatic rings. The SMILES string of the molecule is CCn1ncc2c1C(COC)CN(Cc1ccoc1)C2. The van der Waals surface area contributed by atoms with Crippen LogP contribution in [0.3, 0.4) is 0 Å². The summed E-state index contributed by atoms with van der Waals surface area (Å²) < 4.78 is 12.7. The Hall–Kier alpha value is -1.59. The fourth-order valence-corrected chi connectivity index (χ4v) is 3.08. The number of rotatable bonds is 5. The lowest BCUT2D eigenvalue weighted by Gasteiger charge is -2.32. The summed E-state index contributed by atoms with van der Waals surface area (Å²) in [6.45, 7) is 6.64. The van der Waals surface area contributed by atoms with Crippen molar-refractivity contribution in [3.63, 3.8) is 0 Å².